The van der Waals surface area contributed by atoms with Gasteiger partial charge in [-0.2, -0.15) is 0 Å². The minimum absolute atomic E-state index is 0.280. The number of nitrogens with one attached hydrogen (secondary N) is 1. The summed E-state index contributed by atoms with van der Waals surface area (Å²) >= 11 is 6.12. The smallest absolute Gasteiger partial charge is 0.255 e. The maximum absolute atomic E-state index is 12.7. The molecule has 0 bridgehead atoms. The molecule has 0 saturated heterocycles. The highest BCUT2D eigenvalue weighted by Crippen LogP contribution is 2.36. The molecule has 0 radical (unpaired) electrons. The van der Waals surface area contributed by atoms with Crippen LogP contribution in [0.5, 0.6) is 23.0 Å². The highest BCUT2D eigenvalue weighted by Gasteiger charge is 2.14. The summed E-state index contributed by atoms with van der Waals surface area (Å²) in [5.41, 5.74) is 1.82. The number of hydrogen-bond donors (Lipinski definition) is 1. The van der Waals surface area contributed by atoms with Crippen LogP contribution in [0.25, 0.3) is 0 Å². The minimum Gasteiger partial charge on any atom is -0.496 e. The molecule has 0 atom stereocenters. The maximum Gasteiger partial charge on any atom is 0.255 e. The number of aryl methyl sites for hydroxylation is 1. The normalized spacial score (nSPS) is 10.3. The fourth-order valence-corrected chi connectivity index (χ4v) is 2.90. The Morgan fingerprint density at radius 2 is 1.54 bits per heavy atom. The number of ether oxygens (including phenoxy) is 3. The monoisotopic (exact) mass is 397 g/mol. The van der Waals surface area contributed by atoms with E-state index >= 15 is 0 Å². The summed E-state index contributed by atoms with van der Waals surface area (Å²) in [7, 11) is 3.16. The van der Waals surface area contributed by atoms with E-state index in [1.54, 1.807) is 62.8 Å². The maximum atomic E-state index is 12.7. The zero-order valence-electron chi connectivity index (χ0n) is 15.8. The molecule has 0 fully saturated rings. The van der Waals surface area contributed by atoms with Gasteiger partial charge in [0.25, 0.3) is 5.91 Å². The number of methoxy groups -OCH3 is 2. The van der Waals surface area contributed by atoms with Gasteiger partial charge in [-0.05, 0) is 61.0 Å². The number of halogens is 1. The molecule has 0 saturated carbocycles. The highest BCUT2D eigenvalue weighted by atomic mass is 35.5. The molecule has 0 aliphatic carbocycles. The Balaban J connectivity index is 1.88. The van der Waals surface area contributed by atoms with Crippen LogP contribution in [0.15, 0.2) is 60.7 Å². The van der Waals surface area contributed by atoms with Crippen LogP contribution >= 0.6 is 11.6 Å². The number of carbonyl (C=O) groups is 1. The van der Waals surface area contributed by atoms with Crippen molar-refractivity contribution >= 4 is 23.2 Å². The zero-order chi connectivity index (χ0) is 20.1. The van der Waals surface area contributed by atoms with Gasteiger partial charge in [-0.3, -0.25) is 4.79 Å². The molecule has 1 amide bonds. The first-order chi connectivity index (χ1) is 13.5. The molecule has 28 heavy (non-hydrogen) atoms. The first-order valence-electron chi connectivity index (χ1n) is 8.58. The molecular formula is C22H20ClNO4. The summed E-state index contributed by atoms with van der Waals surface area (Å²) < 4.78 is 16.5. The predicted octanol–water partition coefficient (Wildman–Crippen LogP) is 5.71. The lowest BCUT2D eigenvalue weighted by Crippen LogP contribution is -2.13. The van der Waals surface area contributed by atoms with Gasteiger partial charge in [-0.15, -0.1) is 0 Å². The van der Waals surface area contributed by atoms with E-state index in [1.165, 1.54) is 0 Å². The second kappa shape index (κ2) is 8.67. The number of benzene rings is 3. The van der Waals surface area contributed by atoms with E-state index in [1.807, 2.05) is 19.1 Å². The Kier molecular flexibility index (Phi) is 6.06. The van der Waals surface area contributed by atoms with Gasteiger partial charge >= 0.3 is 0 Å². The van der Waals surface area contributed by atoms with Crippen molar-refractivity contribution in [3.63, 3.8) is 0 Å². The van der Waals surface area contributed by atoms with Gasteiger partial charge in [0.15, 0.2) is 17.2 Å². The summed E-state index contributed by atoms with van der Waals surface area (Å²) in [6.45, 7) is 1.88. The lowest BCUT2D eigenvalue weighted by Gasteiger charge is -2.15. The van der Waals surface area contributed by atoms with Crippen LogP contribution in [-0.4, -0.2) is 20.1 Å². The van der Waals surface area contributed by atoms with Gasteiger partial charge in [0.1, 0.15) is 5.75 Å². The molecule has 3 aromatic carbocycles. The third kappa shape index (κ3) is 4.38. The van der Waals surface area contributed by atoms with Crippen LogP contribution in [-0.2, 0) is 0 Å². The summed E-state index contributed by atoms with van der Waals surface area (Å²) in [5.74, 6) is 2.01. The van der Waals surface area contributed by atoms with Crippen molar-refractivity contribution in [2.24, 2.45) is 0 Å². The predicted molar refractivity (Wildman–Crippen MR) is 110 cm³/mol. The van der Waals surface area contributed by atoms with E-state index in [0.29, 0.717) is 33.5 Å². The molecule has 0 aliphatic rings. The van der Waals surface area contributed by atoms with Crippen molar-refractivity contribution in [1.82, 2.24) is 0 Å². The average molecular weight is 398 g/mol. The molecule has 144 valence electrons. The molecule has 0 heterocycles. The van der Waals surface area contributed by atoms with Gasteiger partial charge in [0, 0.05) is 10.6 Å². The lowest BCUT2D eigenvalue weighted by molar-refractivity contribution is 0.102. The van der Waals surface area contributed by atoms with Crippen molar-refractivity contribution in [3.8, 4) is 23.0 Å². The van der Waals surface area contributed by atoms with Crippen LogP contribution in [0.2, 0.25) is 5.02 Å². The van der Waals surface area contributed by atoms with E-state index in [9.17, 15) is 4.79 Å². The topological polar surface area (TPSA) is 56.8 Å². The number of anilines is 1. The van der Waals surface area contributed by atoms with Crippen LogP contribution in [0.3, 0.4) is 0 Å². The second-order valence-electron chi connectivity index (χ2n) is 6.03. The number of carbonyl (C=O) groups excluding carboxylic acids is 1. The van der Waals surface area contributed by atoms with Gasteiger partial charge in [-0.1, -0.05) is 23.7 Å². The van der Waals surface area contributed by atoms with Crippen molar-refractivity contribution in [2.75, 3.05) is 19.5 Å². The molecule has 0 unspecified atom stereocenters. The minimum atomic E-state index is -0.280. The van der Waals surface area contributed by atoms with Gasteiger partial charge in [0.2, 0.25) is 0 Å². The molecule has 0 aliphatic heterocycles. The van der Waals surface area contributed by atoms with E-state index in [4.69, 9.17) is 25.8 Å². The summed E-state index contributed by atoms with van der Waals surface area (Å²) in [5, 5.41) is 3.34. The Labute approximate surface area is 168 Å². The Bertz CT molecular complexity index is 1000. The van der Waals surface area contributed by atoms with Gasteiger partial charge < -0.3 is 19.5 Å². The fraction of sp³-hybridized carbons (Fsp3) is 0.136. The first-order valence-corrected chi connectivity index (χ1v) is 8.96. The van der Waals surface area contributed by atoms with Crippen molar-refractivity contribution in [3.05, 3.63) is 76.8 Å². The van der Waals surface area contributed by atoms with Crippen LogP contribution < -0.4 is 19.5 Å². The molecule has 3 aromatic rings. The Hall–Kier alpha value is -3.18. The van der Waals surface area contributed by atoms with Crippen molar-refractivity contribution < 1.29 is 19.0 Å². The third-order valence-corrected chi connectivity index (χ3v) is 4.37. The number of para-hydroxylation sites is 2. The molecule has 0 aromatic heterocycles. The molecule has 1 N–H and O–H groups in total. The number of amides is 1. The van der Waals surface area contributed by atoms with E-state index in [2.05, 4.69) is 5.32 Å². The second-order valence-corrected chi connectivity index (χ2v) is 6.47. The quantitative estimate of drug-likeness (QED) is 0.578. The average Bonchev–Trinajstić information content (AvgIpc) is 2.70. The SMILES string of the molecule is COc1ccc(C(=O)Nc2cc(Cl)ccc2Oc2ccccc2OC)cc1C. The van der Waals surface area contributed by atoms with Gasteiger partial charge in [0.05, 0.1) is 19.9 Å². The van der Waals surface area contributed by atoms with E-state index < -0.39 is 0 Å². The van der Waals surface area contributed by atoms with Crippen molar-refractivity contribution in [1.29, 1.82) is 0 Å². The molecule has 0 spiro atoms. The molecule has 5 nitrogen and oxygen atoms in total. The Morgan fingerprint density at radius 3 is 2.21 bits per heavy atom. The standard InChI is InChI=1S/C22H20ClNO4/c1-14-12-15(8-10-18(14)26-2)22(25)24-17-13-16(23)9-11-19(17)28-21-7-5-4-6-20(21)27-3/h4-13H,1-3H3,(H,24,25). The third-order valence-electron chi connectivity index (χ3n) is 4.14. The Morgan fingerprint density at radius 1 is 0.857 bits per heavy atom. The number of rotatable bonds is 6. The largest absolute Gasteiger partial charge is 0.496 e. The van der Waals surface area contributed by atoms with Gasteiger partial charge in [-0.25, -0.2) is 0 Å². The number of hydrogen-bond acceptors (Lipinski definition) is 4. The van der Waals surface area contributed by atoms with Crippen molar-refractivity contribution in [2.45, 2.75) is 6.92 Å². The molecule has 3 rings (SSSR count). The highest BCUT2D eigenvalue weighted by molar-refractivity contribution is 6.31. The summed E-state index contributed by atoms with van der Waals surface area (Å²) in [6, 6.07) is 17.5. The fourth-order valence-electron chi connectivity index (χ4n) is 2.72. The lowest BCUT2D eigenvalue weighted by atomic mass is 10.1. The zero-order valence-corrected chi connectivity index (χ0v) is 16.5. The molecular weight excluding hydrogens is 378 g/mol. The van der Waals surface area contributed by atoms with Crippen LogP contribution in [0, 0.1) is 6.92 Å². The van der Waals surface area contributed by atoms with Crippen LogP contribution in [0.1, 0.15) is 15.9 Å². The van der Waals surface area contributed by atoms with E-state index in [0.717, 1.165) is 11.3 Å². The first kappa shape index (κ1) is 19.6. The molecule has 6 heteroatoms. The van der Waals surface area contributed by atoms with Crippen LogP contribution in [0.4, 0.5) is 5.69 Å². The summed E-state index contributed by atoms with van der Waals surface area (Å²) in [6.07, 6.45) is 0. The summed E-state index contributed by atoms with van der Waals surface area (Å²) in [4.78, 5) is 12.7. The van der Waals surface area contributed by atoms with E-state index in [-0.39, 0.29) is 5.91 Å².